The highest BCUT2D eigenvalue weighted by Crippen LogP contribution is 2.34. The highest BCUT2D eigenvalue weighted by atomic mass is 32.2. The molecule has 1 N–H and O–H groups in total. The summed E-state index contributed by atoms with van der Waals surface area (Å²) >= 11 is 0. The van der Waals surface area contributed by atoms with Crippen molar-refractivity contribution in [2.24, 2.45) is 0 Å². The van der Waals surface area contributed by atoms with Crippen molar-refractivity contribution in [2.75, 3.05) is 31.3 Å². The number of nitrogens with one attached hydrogen (secondary N) is 1. The molecule has 0 saturated heterocycles. The van der Waals surface area contributed by atoms with E-state index >= 15 is 0 Å². The van der Waals surface area contributed by atoms with E-state index in [0.717, 1.165) is 27.8 Å². The number of benzene rings is 2. The van der Waals surface area contributed by atoms with Gasteiger partial charge in [0.2, 0.25) is 21.8 Å². The molecule has 0 saturated carbocycles. The number of amides is 2. The highest BCUT2D eigenvalue weighted by Gasteiger charge is 2.33. The van der Waals surface area contributed by atoms with E-state index < -0.39 is 39.3 Å². The number of hydrogen-bond acceptors (Lipinski definition) is 7. The average Bonchev–Trinajstić information content (AvgIpc) is 2.81. The molecule has 0 aliphatic heterocycles. The number of methoxy groups -OCH3 is 1. The predicted octanol–water partition coefficient (Wildman–Crippen LogP) is 2.23. The van der Waals surface area contributed by atoms with Crippen LogP contribution in [0.15, 0.2) is 42.5 Å². The topological polar surface area (TPSA) is 139 Å². The Morgan fingerprint density at radius 1 is 1.20 bits per heavy atom. The molecule has 0 fully saturated rings. The zero-order chi connectivity index (χ0) is 26.3. The van der Waals surface area contributed by atoms with Gasteiger partial charge in [0.05, 0.1) is 18.3 Å². The number of hydrogen-bond donors (Lipinski definition) is 1. The van der Waals surface area contributed by atoms with Gasteiger partial charge in [-0.2, -0.15) is 0 Å². The molecule has 0 heterocycles. The molecule has 2 rings (SSSR count). The van der Waals surface area contributed by atoms with Crippen LogP contribution in [-0.2, 0) is 26.2 Å². The van der Waals surface area contributed by atoms with E-state index in [1.54, 1.807) is 6.92 Å². The standard InChI is InChI=1S/C23H30N4O7S/c1-6-19(23(29)24-3)25(14-17-10-8-7-9-16(17)2)22(28)15-26(35(5,32)33)20-13-18(27(30)31)11-12-21(20)34-4/h7-13,19H,6,14-15H2,1-5H3,(H,24,29). The van der Waals surface area contributed by atoms with E-state index in [-0.39, 0.29) is 30.1 Å². The van der Waals surface area contributed by atoms with Crippen molar-refractivity contribution in [3.63, 3.8) is 0 Å². The number of nitro groups is 1. The van der Waals surface area contributed by atoms with Gasteiger partial charge in [-0.25, -0.2) is 8.42 Å². The average molecular weight is 507 g/mol. The summed E-state index contributed by atoms with van der Waals surface area (Å²) in [4.78, 5) is 38.2. The van der Waals surface area contributed by atoms with Crippen LogP contribution in [0.1, 0.15) is 24.5 Å². The Morgan fingerprint density at radius 3 is 2.37 bits per heavy atom. The van der Waals surface area contributed by atoms with Crippen molar-refractivity contribution in [3.05, 3.63) is 63.7 Å². The molecule has 190 valence electrons. The largest absolute Gasteiger partial charge is 0.495 e. The normalized spacial score (nSPS) is 11.9. The van der Waals surface area contributed by atoms with E-state index in [1.165, 1.54) is 31.2 Å². The Labute approximate surface area is 204 Å². The summed E-state index contributed by atoms with van der Waals surface area (Å²) in [5.41, 5.74) is 1.18. The molecule has 0 spiro atoms. The molecule has 11 nitrogen and oxygen atoms in total. The Hall–Kier alpha value is -3.67. The van der Waals surface area contributed by atoms with Crippen LogP contribution in [0.2, 0.25) is 0 Å². The fourth-order valence-electron chi connectivity index (χ4n) is 3.64. The van der Waals surface area contributed by atoms with Crippen LogP contribution in [0.4, 0.5) is 11.4 Å². The van der Waals surface area contributed by atoms with E-state index in [4.69, 9.17) is 4.74 Å². The number of sulfonamides is 1. The zero-order valence-corrected chi connectivity index (χ0v) is 21.2. The first-order chi connectivity index (χ1) is 16.4. The number of anilines is 1. The van der Waals surface area contributed by atoms with Crippen LogP contribution < -0.4 is 14.4 Å². The summed E-state index contributed by atoms with van der Waals surface area (Å²) in [6.07, 6.45) is 1.18. The van der Waals surface area contributed by atoms with Gasteiger partial charge in [0.1, 0.15) is 24.0 Å². The lowest BCUT2D eigenvalue weighted by atomic mass is 10.1. The third-order valence-electron chi connectivity index (χ3n) is 5.56. The molecule has 12 heteroatoms. The predicted molar refractivity (Wildman–Crippen MR) is 132 cm³/mol. The maximum atomic E-state index is 13.6. The van der Waals surface area contributed by atoms with Crippen molar-refractivity contribution < 1.29 is 27.7 Å². The Kier molecular flexibility index (Phi) is 9.18. The molecule has 0 aliphatic rings. The molecule has 0 aliphatic carbocycles. The molecule has 1 atom stereocenters. The van der Waals surface area contributed by atoms with Crippen molar-refractivity contribution in [1.29, 1.82) is 0 Å². The molecule has 1 unspecified atom stereocenters. The number of likely N-dealkylation sites (N-methyl/N-ethyl adjacent to an activating group) is 1. The number of carbonyl (C=O) groups excluding carboxylic acids is 2. The maximum Gasteiger partial charge on any atom is 0.271 e. The summed E-state index contributed by atoms with van der Waals surface area (Å²) in [7, 11) is -1.33. The monoisotopic (exact) mass is 506 g/mol. The van der Waals surface area contributed by atoms with Crippen molar-refractivity contribution >= 4 is 33.2 Å². The number of nitrogens with zero attached hydrogens (tertiary/aromatic N) is 3. The van der Waals surface area contributed by atoms with Crippen LogP contribution in [0.3, 0.4) is 0 Å². The second-order valence-corrected chi connectivity index (χ2v) is 9.78. The summed E-state index contributed by atoms with van der Waals surface area (Å²) in [6, 6.07) is 9.97. The number of rotatable bonds is 11. The fraction of sp³-hybridized carbons (Fsp3) is 0.391. The zero-order valence-electron chi connectivity index (χ0n) is 20.3. The second-order valence-electron chi connectivity index (χ2n) is 7.87. The van der Waals surface area contributed by atoms with Gasteiger partial charge < -0.3 is 15.0 Å². The molecular weight excluding hydrogens is 476 g/mol. The highest BCUT2D eigenvalue weighted by molar-refractivity contribution is 7.92. The van der Waals surface area contributed by atoms with Crippen LogP contribution in [0.5, 0.6) is 5.75 Å². The van der Waals surface area contributed by atoms with E-state index in [1.807, 2.05) is 31.2 Å². The number of ether oxygens (including phenoxy) is 1. The van der Waals surface area contributed by atoms with Gasteiger partial charge in [0.15, 0.2) is 0 Å². The van der Waals surface area contributed by atoms with E-state index in [2.05, 4.69) is 5.32 Å². The minimum absolute atomic E-state index is 0.0395. The Balaban J connectivity index is 2.57. The van der Waals surface area contributed by atoms with Gasteiger partial charge in [-0.05, 0) is 30.5 Å². The van der Waals surface area contributed by atoms with Gasteiger partial charge >= 0.3 is 0 Å². The van der Waals surface area contributed by atoms with Crippen molar-refractivity contribution in [2.45, 2.75) is 32.9 Å². The molecule has 0 radical (unpaired) electrons. The van der Waals surface area contributed by atoms with Crippen LogP contribution in [-0.4, -0.2) is 63.1 Å². The number of non-ortho nitro benzene ring substituents is 1. The molecule has 0 aromatic heterocycles. The van der Waals surface area contributed by atoms with Gasteiger partial charge in [-0.1, -0.05) is 31.2 Å². The van der Waals surface area contributed by atoms with Gasteiger partial charge in [0, 0.05) is 25.7 Å². The van der Waals surface area contributed by atoms with E-state index in [9.17, 15) is 28.1 Å². The van der Waals surface area contributed by atoms with Crippen LogP contribution >= 0.6 is 0 Å². The third-order valence-corrected chi connectivity index (χ3v) is 6.68. The first-order valence-electron chi connectivity index (χ1n) is 10.8. The lowest BCUT2D eigenvalue weighted by molar-refractivity contribution is -0.384. The van der Waals surface area contributed by atoms with Crippen LogP contribution in [0.25, 0.3) is 0 Å². The lowest BCUT2D eigenvalue weighted by Crippen LogP contribution is -2.51. The minimum atomic E-state index is -4.08. The Morgan fingerprint density at radius 2 is 1.86 bits per heavy atom. The number of aryl methyl sites for hydroxylation is 1. The third kappa shape index (κ3) is 6.69. The molecule has 2 aromatic carbocycles. The number of nitro benzene ring substituents is 1. The molecule has 35 heavy (non-hydrogen) atoms. The Bertz CT molecular complexity index is 1200. The van der Waals surface area contributed by atoms with Gasteiger partial charge in [0.25, 0.3) is 5.69 Å². The summed E-state index contributed by atoms with van der Waals surface area (Å²) < 4.78 is 31.4. The fourth-order valence-corrected chi connectivity index (χ4v) is 4.48. The molecule has 2 amide bonds. The van der Waals surface area contributed by atoms with Crippen molar-refractivity contribution in [3.8, 4) is 5.75 Å². The summed E-state index contributed by atoms with van der Waals surface area (Å²) in [6.45, 7) is 3.00. The van der Waals surface area contributed by atoms with Crippen molar-refractivity contribution in [1.82, 2.24) is 10.2 Å². The lowest BCUT2D eigenvalue weighted by Gasteiger charge is -2.33. The smallest absolute Gasteiger partial charge is 0.271 e. The SMILES string of the molecule is CCC(C(=O)NC)N(Cc1ccccc1C)C(=O)CN(c1cc([N+](=O)[O-])ccc1OC)S(C)(=O)=O. The molecular formula is C23H30N4O7S. The first kappa shape index (κ1) is 27.6. The van der Waals surface area contributed by atoms with Gasteiger partial charge in [-0.15, -0.1) is 0 Å². The maximum absolute atomic E-state index is 13.6. The first-order valence-corrected chi connectivity index (χ1v) is 12.6. The second kappa shape index (κ2) is 11.6. The van der Waals surface area contributed by atoms with Crippen LogP contribution in [0, 0.1) is 17.0 Å². The minimum Gasteiger partial charge on any atom is -0.495 e. The summed E-state index contributed by atoms with van der Waals surface area (Å²) in [5, 5.41) is 13.8. The number of carbonyl (C=O) groups is 2. The molecule has 0 bridgehead atoms. The van der Waals surface area contributed by atoms with Gasteiger partial charge in [-0.3, -0.25) is 24.0 Å². The molecule has 2 aromatic rings. The summed E-state index contributed by atoms with van der Waals surface area (Å²) in [5.74, 6) is -1.01. The van der Waals surface area contributed by atoms with E-state index in [0.29, 0.717) is 0 Å². The quantitative estimate of drug-likeness (QED) is 0.364.